The van der Waals surface area contributed by atoms with E-state index in [9.17, 15) is 18.0 Å². The Morgan fingerprint density at radius 3 is 2.54 bits per heavy atom. The summed E-state index contributed by atoms with van der Waals surface area (Å²) in [6.07, 6.45) is -1.67. The molecule has 8 heteroatoms. The summed E-state index contributed by atoms with van der Waals surface area (Å²) in [5, 5.41) is 0. The summed E-state index contributed by atoms with van der Waals surface area (Å²) in [5.41, 5.74) is 0.433. The van der Waals surface area contributed by atoms with Gasteiger partial charge in [-0.05, 0) is 31.4 Å². The molecular formula is C16H19F3N2O2S. The number of hydrogen-bond donors (Lipinski definition) is 0. The fourth-order valence-corrected chi connectivity index (χ4v) is 4.09. The largest absolute Gasteiger partial charge is 0.573 e. The molecule has 132 valence electrons. The number of piperidine rings is 1. The zero-order valence-corrected chi connectivity index (χ0v) is 14.0. The molecule has 2 aliphatic rings. The molecule has 2 heterocycles. The fraction of sp³-hybridized carbons (Fsp3) is 0.562. The summed E-state index contributed by atoms with van der Waals surface area (Å²) in [6, 6.07) is 4.54. The third-order valence-corrected chi connectivity index (χ3v) is 5.26. The summed E-state index contributed by atoms with van der Waals surface area (Å²) < 4.78 is 42.1. The number of alkyl halides is 3. The molecule has 4 nitrogen and oxygen atoms in total. The van der Waals surface area contributed by atoms with Gasteiger partial charge in [0.15, 0.2) is 0 Å². The average molecular weight is 360 g/mol. The summed E-state index contributed by atoms with van der Waals surface area (Å²) in [7, 11) is 0. The van der Waals surface area contributed by atoms with Gasteiger partial charge in [0.05, 0.1) is 6.54 Å². The Bertz CT molecular complexity index is 603. The van der Waals surface area contributed by atoms with E-state index in [2.05, 4.69) is 4.74 Å². The highest BCUT2D eigenvalue weighted by molar-refractivity contribution is 7.99. The first-order valence-electron chi connectivity index (χ1n) is 7.98. The molecule has 1 fully saturated rings. The van der Waals surface area contributed by atoms with Gasteiger partial charge >= 0.3 is 12.4 Å². The molecule has 2 aliphatic heterocycles. The number of carbonyl (C=O) groups excluding carboxylic acids is 1. The van der Waals surface area contributed by atoms with Crippen LogP contribution in [-0.2, 0) is 6.54 Å². The smallest absolute Gasteiger partial charge is 0.405 e. The number of rotatable bonds is 1. The zero-order valence-electron chi connectivity index (χ0n) is 13.1. The lowest BCUT2D eigenvalue weighted by molar-refractivity contribution is -0.275. The maximum absolute atomic E-state index is 12.7. The van der Waals surface area contributed by atoms with Crippen LogP contribution in [0, 0.1) is 0 Å². The highest BCUT2D eigenvalue weighted by Crippen LogP contribution is 2.36. The van der Waals surface area contributed by atoms with E-state index in [4.69, 9.17) is 0 Å². The number of carbonyl (C=O) groups is 1. The van der Waals surface area contributed by atoms with Gasteiger partial charge in [-0.3, -0.25) is 0 Å². The predicted molar refractivity (Wildman–Crippen MR) is 85.1 cm³/mol. The molecule has 1 saturated heterocycles. The number of ether oxygens (including phenoxy) is 1. The maximum atomic E-state index is 12.7. The van der Waals surface area contributed by atoms with Gasteiger partial charge < -0.3 is 14.5 Å². The summed E-state index contributed by atoms with van der Waals surface area (Å²) >= 11 is 1.46. The van der Waals surface area contributed by atoms with Crippen LogP contribution in [0.5, 0.6) is 5.75 Å². The van der Waals surface area contributed by atoms with Crippen LogP contribution in [0.3, 0.4) is 0 Å². The normalized spacial score (nSPS) is 18.8. The first-order valence-corrected chi connectivity index (χ1v) is 8.97. The van der Waals surface area contributed by atoms with E-state index in [1.165, 1.54) is 17.8 Å². The Morgan fingerprint density at radius 2 is 1.83 bits per heavy atom. The SMILES string of the molecule is O=C(N1CCCCC1)N1CCSc2cccc(OC(F)(F)F)c2C1. The van der Waals surface area contributed by atoms with E-state index < -0.39 is 6.36 Å². The Balaban J connectivity index is 1.82. The highest BCUT2D eigenvalue weighted by Gasteiger charge is 2.34. The van der Waals surface area contributed by atoms with Crippen LogP contribution in [-0.4, -0.2) is 47.6 Å². The number of halogens is 3. The number of amides is 2. The van der Waals surface area contributed by atoms with Crippen LogP contribution < -0.4 is 4.74 Å². The first-order chi connectivity index (χ1) is 11.4. The minimum Gasteiger partial charge on any atom is -0.405 e. The van der Waals surface area contributed by atoms with Crippen molar-refractivity contribution in [2.24, 2.45) is 0 Å². The second-order valence-electron chi connectivity index (χ2n) is 5.88. The fourth-order valence-electron chi connectivity index (χ4n) is 3.04. The minimum atomic E-state index is -4.74. The third-order valence-electron chi connectivity index (χ3n) is 4.18. The van der Waals surface area contributed by atoms with E-state index >= 15 is 0 Å². The zero-order chi connectivity index (χ0) is 17.2. The molecule has 0 saturated carbocycles. The van der Waals surface area contributed by atoms with E-state index in [0.717, 1.165) is 37.2 Å². The molecule has 2 amide bonds. The Labute approximate surface area is 142 Å². The Morgan fingerprint density at radius 1 is 1.08 bits per heavy atom. The van der Waals surface area contributed by atoms with E-state index in [0.29, 0.717) is 17.9 Å². The van der Waals surface area contributed by atoms with Crippen molar-refractivity contribution in [2.75, 3.05) is 25.4 Å². The van der Waals surface area contributed by atoms with Crippen molar-refractivity contribution >= 4 is 17.8 Å². The minimum absolute atomic E-state index is 0.0926. The maximum Gasteiger partial charge on any atom is 0.573 e. The highest BCUT2D eigenvalue weighted by atomic mass is 32.2. The van der Waals surface area contributed by atoms with Crippen LogP contribution >= 0.6 is 11.8 Å². The van der Waals surface area contributed by atoms with Gasteiger partial charge in [-0.15, -0.1) is 24.9 Å². The standard InChI is InChI=1S/C16H19F3N2O2S/c17-16(18,19)23-13-5-4-6-14-12(13)11-21(9-10-24-14)15(22)20-7-2-1-3-8-20/h4-6H,1-3,7-11H2. The van der Waals surface area contributed by atoms with Gasteiger partial charge in [0, 0.05) is 35.8 Å². The van der Waals surface area contributed by atoms with Crippen LogP contribution in [0.2, 0.25) is 0 Å². The number of nitrogens with zero attached hydrogens (tertiary/aromatic N) is 2. The quantitative estimate of drug-likeness (QED) is 0.756. The lowest BCUT2D eigenvalue weighted by Crippen LogP contribution is -2.45. The number of likely N-dealkylation sites (tertiary alicyclic amines) is 1. The van der Waals surface area contributed by atoms with Gasteiger partial charge in [-0.2, -0.15) is 0 Å². The van der Waals surface area contributed by atoms with Crippen molar-refractivity contribution in [2.45, 2.75) is 37.1 Å². The van der Waals surface area contributed by atoms with Crippen molar-refractivity contribution in [1.29, 1.82) is 0 Å². The van der Waals surface area contributed by atoms with Crippen molar-refractivity contribution < 1.29 is 22.7 Å². The van der Waals surface area contributed by atoms with Gasteiger partial charge in [0.25, 0.3) is 0 Å². The molecule has 1 aromatic rings. The average Bonchev–Trinajstić information content (AvgIpc) is 2.77. The lowest BCUT2D eigenvalue weighted by Gasteiger charge is -2.32. The molecule has 0 N–H and O–H groups in total. The Hall–Kier alpha value is -1.57. The summed E-state index contributed by atoms with van der Waals surface area (Å²) in [4.78, 5) is 16.9. The van der Waals surface area contributed by atoms with Crippen LogP contribution in [0.1, 0.15) is 24.8 Å². The second kappa shape index (κ2) is 7.13. The molecule has 0 unspecified atom stereocenters. The Kier molecular flexibility index (Phi) is 5.12. The molecule has 3 rings (SSSR count). The van der Waals surface area contributed by atoms with Gasteiger partial charge in [0.1, 0.15) is 5.75 Å². The molecule has 0 spiro atoms. The number of benzene rings is 1. The molecule has 1 aromatic carbocycles. The van der Waals surface area contributed by atoms with E-state index in [1.54, 1.807) is 21.9 Å². The van der Waals surface area contributed by atoms with Gasteiger partial charge in [-0.25, -0.2) is 4.79 Å². The number of thioether (sulfide) groups is 1. The molecular weight excluding hydrogens is 341 g/mol. The van der Waals surface area contributed by atoms with Gasteiger partial charge in [0.2, 0.25) is 0 Å². The monoisotopic (exact) mass is 360 g/mol. The molecule has 0 radical (unpaired) electrons. The van der Waals surface area contributed by atoms with E-state index in [-0.39, 0.29) is 18.3 Å². The molecule has 0 bridgehead atoms. The summed E-state index contributed by atoms with van der Waals surface area (Å²) in [6.45, 7) is 2.09. The van der Waals surface area contributed by atoms with Crippen molar-refractivity contribution in [1.82, 2.24) is 9.80 Å². The number of hydrogen-bond acceptors (Lipinski definition) is 3. The van der Waals surface area contributed by atoms with Crippen molar-refractivity contribution in [3.8, 4) is 5.75 Å². The number of fused-ring (bicyclic) bond motifs is 1. The first kappa shape index (κ1) is 17.3. The molecule has 24 heavy (non-hydrogen) atoms. The van der Waals surface area contributed by atoms with Crippen LogP contribution in [0.15, 0.2) is 23.1 Å². The lowest BCUT2D eigenvalue weighted by atomic mass is 10.1. The van der Waals surface area contributed by atoms with Crippen molar-refractivity contribution in [3.05, 3.63) is 23.8 Å². The van der Waals surface area contributed by atoms with Crippen molar-refractivity contribution in [3.63, 3.8) is 0 Å². The van der Waals surface area contributed by atoms with Gasteiger partial charge in [-0.1, -0.05) is 6.07 Å². The predicted octanol–water partition coefficient (Wildman–Crippen LogP) is 4.10. The topological polar surface area (TPSA) is 32.8 Å². The molecule has 0 aromatic heterocycles. The third kappa shape index (κ3) is 4.09. The summed E-state index contributed by atoms with van der Waals surface area (Å²) in [5.74, 6) is 0.438. The van der Waals surface area contributed by atoms with Crippen LogP contribution in [0.4, 0.5) is 18.0 Å². The molecule has 0 atom stereocenters. The second-order valence-corrected chi connectivity index (χ2v) is 7.02. The number of urea groups is 1. The molecule has 0 aliphatic carbocycles. The van der Waals surface area contributed by atoms with E-state index in [1.807, 2.05) is 0 Å². The van der Waals surface area contributed by atoms with Crippen LogP contribution in [0.25, 0.3) is 0 Å².